The summed E-state index contributed by atoms with van der Waals surface area (Å²) in [5.41, 5.74) is -0.0135. The fourth-order valence-electron chi connectivity index (χ4n) is 2.21. The fraction of sp³-hybridized carbons (Fsp3) is 0.125. The second kappa shape index (κ2) is 5.87. The number of benzene rings is 2. The molecule has 0 unspecified atom stereocenters. The Bertz CT molecular complexity index is 763. The van der Waals surface area contributed by atoms with Crippen molar-refractivity contribution in [2.45, 2.75) is 0 Å². The van der Waals surface area contributed by atoms with Crippen LogP contribution in [0.2, 0.25) is 0 Å². The second-order valence-electron chi connectivity index (χ2n) is 4.63. The van der Waals surface area contributed by atoms with Gasteiger partial charge >= 0.3 is 0 Å². The molecule has 1 aliphatic rings. The number of aromatic hydroxyl groups is 3. The first-order chi connectivity index (χ1) is 10.4. The molecule has 6 heteroatoms. The Balaban J connectivity index is 0.000000545. The molecule has 0 radical (unpaired) electrons. The summed E-state index contributed by atoms with van der Waals surface area (Å²) in [6.07, 6.45) is 0. The molecular formula is C16H14O6. The number of phenolic OH excluding ortho intramolecular Hbond substituents is 3. The molecular weight excluding hydrogens is 288 g/mol. The standard InChI is InChI=1S/C14H8O5.C2H6O/c15-9-5-8-10(14(19)13(9)18)12(17)7-4-2-1-3-6(7)11(8)16;1-3-2/h1-5,15,18-19H;1-2H3. The summed E-state index contributed by atoms with van der Waals surface area (Å²) in [6.45, 7) is 0. The van der Waals surface area contributed by atoms with Gasteiger partial charge < -0.3 is 20.1 Å². The minimum Gasteiger partial charge on any atom is -0.504 e. The van der Waals surface area contributed by atoms with Crippen LogP contribution in [-0.4, -0.2) is 41.1 Å². The first kappa shape index (κ1) is 15.5. The maximum absolute atomic E-state index is 12.2. The van der Waals surface area contributed by atoms with E-state index < -0.39 is 28.8 Å². The monoisotopic (exact) mass is 302 g/mol. The van der Waals surface area contributed by atoms with Crippen molar-refractivity contribution in [2.24, 2.45) is 0 Å². The van der Waals surface area contributed by atoms with Crippen molar-refractivity contribution in [1.29, 1.82) is 0 Å². The van der Waals surface area contributed by atoms with Gasteiger partial charge in [0.15, 0.2) is 23.1 Å². The fourth-order valence-corrected chi connectivity index (χ4v) is 2.21. The van der Waals surface area contributed by atoms with Crippen LogP contribution < -0.4 is 0 Å². The Hall–Kier alpha value is -2.86. The van der Waals surface area contributed by atoms with Crippen molar-refractivity contribution in [3.05, 3.63) is 52.6 Å². The van der Waals surface area contributed by atoms with Crippen LogP contribution in [0.15, 0.2) is 30.3 Å². The highest BCUT2D eigenvalue weighted by Gasteiger charge is 2.34. The number of ketones is 2. The van der Waals surface area contributed by atoms with Gasteiger partial charge in [0.1, 0.15) is 0 Å². The third-order valence-corrected chi connectivity index (χ3v) is 3.14. The number of methoxy groups -OCH3 is 1. The molecule has 22 heavy (non-hydrogen) atoms. The predicted molar refractivity (Wildman–Crippen MR) is 77.7 cm³/mol. The third-order valence-electron chi connectivity index (χ3n) is 3.14. The van der Waals surface area contributed by atoms with Gasteiger partial charge in [0, 0.05) is 30.9 Å². The predicted octanol–water partition coefficient (Wildman–Crippen LogP) is 1.84. The highest BCUT2D eigenvalue weighted by Crippen LogP contribution is 2.43. The molecule has 0 amide bonds. The SMILES string of the molecule is COC.O=C1c2ccccc2C(=O)c2c1cc(O)c(O)c2O. The maximum atomic E-state index is 12.2. The molecule has 0 atom stereocenters. The molecule has 3 rings (SSSR count). The molecule has 0 saturated heterocycles. The van der Waals surface area contributed by atoms with E-state index in [1.807, 2.05) is 0 Å². The number of ether oxygens (including phenoxy) is 1. The van der Waals surface area contributed by atoms with E-state index in [2.05, 4.69) is 4.74 Å². The summed E-state index contributed by atoms with van der Waals surface area (Å²) in [5.74, 6) is -3.26. The lowest BCUT2D eigenvalue weighted by molar-refractivity contribution is 0.0975. The minimum atomic E-state index is -0.806. The van der Waals surface area contributed by atoms with Gasteiger partial charge in [-0.2, -0.15) is 0 Å². The number of fused-ring (bicyclic) bond motifs is 2. The summed E-state index contributed by atoms with van der Waals surface area (Å²) >= 11 is 0. The zero-order valence-electron chi connectivity index (χ0n) is 12.0. The molecule has 0 aliphatic heterocycles. The van der Waals surface area contributed by atoms with Gasteiger partial charge in [0.2, 0.25) is 5.75 Å². The topological polar surface area (TPSA) is 104 Å². The molecule has 1 aliphatic carbocycles. The van der Waals surface area contributed by atoms with Gasteiger partial charge in [-0.05, 0) is 6.07 Å². The van der Waals surface area contributed by atoms with Crippen molar-refractivity contribution in [2.75, 3.05) is 14.2 Å². The van der Waals surface area contributed by atoms with E-state index in [1.54, 1.807) is 26.4 Å². The van der Waals surface area contributed by atoms with Crippen molar-refractivity contribution in [3.8, 4) is 17.2 Å². The normalized spacial score (nSPS) is 12.1. The van der Waals surface area contributed by atoms with Crippen molar-refractivity contribution < 1.29 is 29.6 Å². The van der Waals surface area contributed by atoms with Crippen LogP contribution in [0.1, 0.15) is 31.8 Å². The van der Waals surface area contributed by atoms with Gasteiger partial charge in [-0.15, -0.1) is 0 Å². The Morgan fingerprint density at radius 3 is 1.86 bits per heavy atom. The van der Waals surface area contributed by atoms with Crippen molar-refractivity contribution in [3.63, 3.8) is 0 Å². The van der Waals surface area contributed by atoms with Crippen LogP contribution in [0.4, 0.5) is 0 Å². The van der Waals surface area contributed by atoms with E-state index in [0.29, 0.717) is 0 Å². The van der Waals surface area contributed by atoms with Gasteiger partial charge in [-0.25, -0.2) is 0 Å². The Morgan fingerprint density at radius 1 is 0.818 bits per heavy atom. The average Bonchev–Trinajstić information content (AvgIpc) is 2.51. The van der Waals surface area contributed by atoms with Gasteiger partial charge in [-0.3, -0.25) is 9.59 Å². The Morgan fingerprint density at radius 2 is 1.32 bits per heavy atom. The minimum absolute atomic E-state index is 0.114. The highest BCUT2D eigenvalue weighted by atomic mass is 16.4. The summed E-state index contributed by atoms with van der Waals surface area (Å²) in [7, 11) is 3.25. The molecule has 0 saturated carbocycles. The number of hydrogen-bond donors (Lipinski definition) is 3. The summed E-state index contributed by atoms with van der Waals surface area (Å²) in [6, 6.07) is 7.18. The summed E-state index contributed by atoms with van der Waals surface area (Å²) < 4.78 is 4.25. The van der Waals surface area contributed by atoms with E-state index in [4.69, 9.17) is 0 Å². The average molecular weight is 302 g/mol. The zero-order chi connectivity index (χ0) is 16.4. The first-order valence-electron chi connectivity index (χ1n) is 6.30. The molecule has 2 aromatic carbocycles. The molecule has 2 aromatic rings. The molecule has 0 bridgehead atoms. The van der Waals surface area contributed by atoms with Crippen LogP contribution in [0.25, 0.3) is 0 Å². The summed E-state index contributed by atoms with van der Waals surface area (Å²) in [5, 5.41) is 28.6. The van der Waals surface area contributed by atoms with Gasteiger partial charge in [0.25, 0.3) is 0 Å². The quantitative estimate of drug-likeness (QED) is 0.547. The van der Waals surface area contributed by atoms with Crippen LogP contribution >= 0.6 is 0 Å². The van der Waals surface area contributed by atoms with Crippen LogP contribution in [-0.2, 0) is 4.74 Å². The smallest absolute Gasteiger partial charge is 0.201 e. The second-order valence-corrected chi connectivity index (χ2v) is 4.63. The van der Waals surface area contributed by atoms with Gasteiger partial charge in [0.05, 0.1) is 5.56 Å². The Kier molecular flexibility index (Phi) is 4.14. The lowest BCUT2D eigenvalue weighted by Crippen LogP contribution is -2.20. The zero-order valence-corrected chi connectivity index (χ0v) is 12.0. The van der Waals surface area contributed by atoms with Crippen molar-refractivity contribution in [1.82, 2.24) is 0 Å². The third kappa shape index (κ3) is 2.29. The number of rotatable bonds is 0. The van der Waals surface area contributed by atoms with Crippen LogP contribution in [0.3, 0.4) is 0 Å². The molecule has 6 nitrogen and oxygen atoms in total. The Labute approximate surface area is 126 Å². The molecule has 0 spiro atoms. The highest BCUT2D eigenvalue weighted by molar-refractivity contribution is 6.29. The summed E-state index contributed by atoms with van der Waals surface area (Å²) in [4.78, 5) is 24.4. The largest absolute Gasteiger partial charge is 0.504 e. The first-order valence-corrected chi connectivity index (χ1v) is 6.30. The number of hydrogen-bond acceptors (Lipinski definition) is 6. The number of carbonyl (C=O) groups excluding carboxylic acids is 2. The van der Waals surface area contributed by atoms with Crippen LogP contribution in [0, 0.1) is 0 Å². The van der Waals surface area contributed by atoms with E-state index in [1.165, 1.54) is 12.1 Å². The van der Waals surface area contributed by atoms with Crippen LogP contribution in [0.5, 0.6) is 17.2 Å². The molecule has 0 aromatic heterocycles. The lowest BCUT2D eigenvalue weighted by Gasteiger charge is -2.19. The number of carbonyl (C=O) groups is 2. The molecule has 0 heterocycles. The number of phenols is 3. The lowest BCUT2D eigenvalue weighted by atomic mass is 9.83. The van der Waals surface area contributed by atoms with E-state index in [-0.39, 0.29) is 22.3 Å². The molecule has 114 valence electrons. The van der Waals surface area contributed by atoms with E-state index in [9.17, 15) is 24.9 Å². The maximum Gasteiger partial charge on any atom is 0.201 e. The molecule has 3 N–H and O–H groups in total. The van der Waals surface area contributed by atoms with Gasteiger partial charge in [-0.1, -0.05) is 24.3 Å². The van der Waals surface area contributed by atoms with Crippen molar-refractivity contribution >= 4 is 11.6 Å². The van der Waals surface area contributed by atoms with E-state index in [0.717, 1.165) is 6.07 Å². The molecule has 0 fully saturated rings. The van der Waals surface area contributed by atoms with E-state index >= 15 is 0 Å².